The highest BCUT2D eigenvalue weighted by molar-refractivity contribution is 7.89. The third kappa shape index (κ3) is 2.66. The van der Waals surface area contributed by atoms with Gasteiger partial charge >= 0.3 is 0 Å². The van der Waals surface area contributed by atoms with Crippen LogP contribution in [0.15, 0.2) is 4.90 Å². The third-order valence-corrected chi connectivity index (χ3v) is 5.50. The Hall–Kier alpha value is -0.960. The first-order valence-corrected chi connectivity index (χ1v) is 7.71. The number of hydrogen-bond acceptors (Lipinski definition) is 5. The number of piperidine rings is 1. The largest absolute Gasteiger partial charge is 0.380 e. The maximum Gasteiger partial charge on any atom is 0.246 e. The molecule has 0 radical (unpaired) electrons. The van der Waals surface area contributed by atoms with Gasteiger partial charge in [-0.25, -0.2) is 8.42 Å². The highest BCUT2D eigenvalue weighted by Crippen LogP contribution is 2.25. The maximum absolute atomic E-state index is 12.7. The SMILES string of the molecule is COC1CCCN(S(=O)(=O)c2c(CN)n[nH]c2C)C1. The minimum absolute atomic E-state index is 0.0444. The second-order valence-electron chi connectivity index (χ2n) is 4.69. The molecular formula is C11H20N4O3S. The van der Waals surface area contributed by atoms with Crippen LogP contribution in [0.2, 0.25) is 0 Å². The Balaban J connectivity index is 2.34. The summed E-state index contributed by atoms with van der Waals surface area (Å²) in [4.78, 5) is 0.215. The average Bonchev–Trinajstić information content (AvgIpc) is 2.80. The molecule has 1 atom stereocenters. The standard InChI is InChI=1S/C11H20N4O3S/c1-8-11(10(6-12)14-13-8)19(16,17)15-5-3-4-9(7-15)18-2/h9H,3-7,12H2,1-2H3,(H,13,14). The Morgan fingerprint density at radius 2 is 2.32 bits per heavy atom. The van der Waals surface area contributed by atoms with Crippen LogP contribution in [0.25, 0.3) is 0 Å². The predicted molar refractivity (Wildman–Crippen MR) is 70.0 cm³/mol. The minimum atomic E-state index is -3.56. The summed E-state index contributed by atoms with van der Waals surface area (Å²) in [5, 5.41) is 6.64. The van der Waals surface area contributed by atoms with E-state index in [-0.39, 0.29) is 17.5 Å². The third-order valence-electron chi connectivity index (χ3n) is 3.43. The van der Waals surface area contributed by atoms with E-state index in [9.17, 15) is 8.42 Å². The molecule has 1 aliphatic rings. The second-order valence-corrected chi connectivity index (χ2v) is 6.57. The van der Waals surface area contributed by atoms with Gasteiger partial charge in [0.2, 0.25) is 10.0 Å². The molecule has 0 amide bonds. The van der Waals surface area contributed by atoms with Crippen molar-refractivity contribution in [3.05, 3.63) is 11.4 Å². The van der Waals surface area contributed by atoms with E-state index in [2.05, 4.69) is 10.2 Å². The van der Waals surface area contributed by atoms with Crippen molar-refractivity contribution in [3.63, 3.8) is 0 Å². The van der Waals surface area contributed by atoms with Crippen LogP contribution in [0.3, 0.4) is 0 Å². The number of aryl methyl sites for hydroxylation is 1. The van der Waals surface area contributed by atoms with Crippen LogP contribution in [0, 0.1) is 6.92 Å². The molecule has 0 spiro atoms. The minimum Gasteiger partial charge on any atom is -0.380 e. The van der Waals surface area contributed by atoms with Crippen LogP contribution in [-0.4, -0.2) is 49.2 Å². The highest BCUT2D eigenvalue weighted by Gasteiger charge is 2.34. The van der Waals surface area contributed by atoms with Gasteiger partial charge in [0.1, 0.15) is 4.90 Å². The Labute approximate surface area is 113 Å². The predicted octanol–water partition coefficient (Wildman–Crippen LogP) is -0.0237. The number of hydrogen-bond donors (Lipinski definition) is 2. The van der Waals surface area contributed by atoms with E-state index in [1.807, 2.05) is 0 Å². The quantitative estimate of drug-likeness (QED) is 0.810. The number of nitrogens with two attached hydrogens (primary N) is 1. The van der Waals surface area contributed by atoms with E-state index in [4.69, 9.17) is 10.5 Å². The normalized spacial score (nSPS) is 21.7. The van der Waals surface area contributed by atoms with Gasteiger partial charge in [-0.15, -0.1) is 0 Å². The van der Waals surface area contributed by atoms with Crippen LogP contribution in [0.4, 0.5) is 0 Å². The molecule has 1 aromatic heterocycles. The zero-order valence-corrected chi connectivity index (χ0v) is 12.0. The first kappa shape index (κ1) is 14.4. The van der Waals surface area contributed by atoms with Crippen molar-refractivity contribution in [2.45, 2.75) is 37.3 Å². The van der Waals surface area contributed by atoms with Crippen molar-refractivity contribution in [1.82, 2.24) is 14.5 Å². The summed E-state index contributed by atoms with van der Waals surface area (Å²) < 4.78 is 32.1. The van der Waals surface area contributed by atoms with Gasteiger partial charge in [0.05, 0.1) is 17.5 Å². The van der Waals surface area contributed by atoms with Crippen LogP contribution in [0.5, 0.6) is 0 Å². The summed E-state index contributed by atoms with van der Waals surface area (Å²) in [6.07, 6.45) is 1.64. The molecule has 8 heteroatoms. The van der Waals surface area contributed by atoms with Crippen LogP contribution < -0.4 is 5.73 Å². The molecule has 0 bridgehead atoms. The molecular weight excluding hydrogens is 268 g/mol. The molecule has 1 fully saturated rings. The molecule has 7 nitrogen and oxygen atoms in total. The van der Waals surface area contributed by atoms with Crippen LogP contribution in [-0.2, 0) is 21.3 Å². The van der Waals surface area contributed by atoms with Gasteiger partial charge in [-0.3, -0.25) is 5.10 Å². The molecule has 3 N–H and O–H groups in total. The number of nitrogens with one attached hydrogen (secondary N) is 1. The van der Waals surface area contributed by atoms with Crippen molar-refractivity contribution in [1.29, 1.82) is 0 Å². The first-order chi connectivity index (χ1) is 9.00. The van der Waals surface area contributed by atoms with Gasteiger partial charge in [-0.05, 0) is 19.8 Å². The van der Waals surface area contributed by atoms with Crippen molar-refractivity contribution in [2.75, 3.05) is 20.2 Å². The Morgan fingerprint density at radius 1 is 1.58 bits per heavy atom. The Kier molecular flexibility index (Phi) is 4.24. The van der Waals surface area contributed by atoms with Crippen molar-refractivity contribution < 1.29 is 13.2 Å². The molecule has 2 rings (SSSR count). The van der Waals surface area contributed by atoms with E-state index >= 15 is 0 Å². The molecule has 108 valence electrons. The lowest BCUT2D eigenvalue weighted by atomic mass is 10.1. The van der Waals surface area contributed by atoms with Gasteiger partial charge < -0.3 is 10.5 Å². The summed E-state index contributed by atoms with van der Waals surface area (Å²) in [5.74, 6) is 0. The summed E-state index contributed by atoms with van der Waals surface area (Å²) in [5.41, 5.74) is 6.47. The number of rotatable bonds is 4. The van der Waals surface area contributed by atoms with E-state index < -0.39 is 10.0 Å². The van der Waals surface area contributed by atoms with Crippen molar-refractivity contribution in [2.24, 2.45) is 5.73 Å². The van der Waals surface area contributed by atoms with Gasteiger partial charge in [-0.2, -0.15) is 9.40 Å². The maximum atomic E-state index is 12.7. The van der Waals surface area contributed by atoms with E-state index in [0.29, 0.717) is 24.5 Å². The number of aromatic amines is 1. The monoisotopic (exact) mass is 288 g/mol. The molecule has 0 aromatic carbocycles. The van der Waals surface area contributed by atoms with E-state index in [1.54, 1.807) is 14.0 Å². The lowest BCUT2D eigenvalue weighted by Gasteiger charge is -2.31. The molecule has 2 heterocycles. The zero-order chi connectivity index (χ0) is 14.0. The fraction of sp³-hybridized carbons (Fsp3) is 0.727. The fourth-order valence-electron chi connectivity index (χ4n) is 2.39. The molecule has 1 saturated heterocycles. The van der Waals surface area contributed by atoms with Crippen molar-refractivity contribution >= 4 is 10.0 Å². The number of methoxy groups -OCH3 is 1. The van der Waals surface area contributed by atoms with Crippen LogP contribution in [0.1, 0.15) is 24.2 Å². The lowest BCUT2D eigenvalue weighted by molar-refractivity contribution is 0.0571. The summed E-state index contributed by atoms with van der Waals surface area (Å²) in [6.45, 7) is 2.68. The van der Waals surface area contributed by atoms with Gasteiger partial charge in [0.25, 0.3) is 0 Å². The Morgan fingerprint density at radius 3 is 2.95 bits per heavy atom. The van der Waals surface area contributed by atoms with Gasteiger partial charge in [0.15, 0.2) is 0 Å². The fourth-order valence-corrected chi connectivity index (χ4v) is 4.24. The smallest absolute Gasteiger partial charge is 0.246 e. The molecule has 1 aromatic rings. The van der Waals surface area contributed by atoms with Crippen molar-refractivity contribution in [3.8, 4) is 0 Å². The topological polar surface area (TPSA) is 101 Å². The zero-order valence-electron chi connectivity index (χ0n) is 11.2. The number of sulfonamides is 1. The van der Waals surface area contributed by atoms with Crippen LogP contribution >= 0.6 is 0 Å². The number of aromatic nitrogens is 2. The molecule has 0 aliphatic carbocycles. The number of nitrogens with zero attached hydrogens (tertiary/aromatic N) is 2. The summed E-state index contributed by atoms with van der Waals surface area (Å²) in [7, 11) is -1.95. The second kappa shape index (κ2) is 5.58. The van der Waals surface area contributed by atoms with Gasteiger partial charge in [-0.1, -0.05) is 0 Å². The summed E-state index contributed by atoms with van der Waals surface area (Å²) >= 11 is 0. The molecule has 19 heavy (non-hydrogen) atoms. The molecule has 1 aliphatic heterocycles. The average molecular weight is 288 g/mol. The lowest BCUT2D eigenvalue weighted by Crippen LogP contribution is -2.43. The molecule has 1 unspecified atom stereocenters. The van der Waals surface area contributed by atoms with E-state index in [1.165, 1.54) is 4.31 Å². The Bertz CT molecular complexity index is 540. The molecule has 0 saturated carbocycles. The number of ether oxygens (including phenoxy) is 1. The number of H-pyrrole nitrogens is 1. The summed E-state index contributed by atoms with van der Waals surface area (Å²) in [6, 6.07) is 0. The highest BCUT2D eigenvalue weighted by atomic mass is 32.2. The first-order valence-electron chi connectivity index (χ1n) is 6.27. The van der Waals surface area contributed by atoms with E-state index in [0.717, 1.165) is 12.8 Å². The van der Waals surface area contributed by atoms with Gasteiger partial charge in [0, 0.05) is 26.7 Å².